The number of hydrogen-bond acceptors (Lipinski definition) is 3. The van der Waals surface area contributed by atoms with Crippen molar-refractivity contribution in [3.63, 3.8) is 0 Å². The Bertz CT molecular complexity index is 775. The van der Waals surface area contributed by atoms with Crippen LogP contribution in [0.4, 0.5) is 4.39 Å². The second kappa shape index (κ2) is 4.57. The van der Waals surface area contributed by atoms with Crippen LogP contribution >= 0.6 is 0 Å². The molecule has 0 saturated heterocycles. The summed E-state index contributed by atoms with van der Waals surface area (Å²) in [5, 5.41) is 18.2. The van der Waals surface area contributed by atoms with Gasteiger partial charge in [-0.25, -0.2) is 4.39 Å². The van der Waals surface area contributed by atoms with Crippen molar-refractivity contribution in [3.8, 4) is 22.9 Å². The Balaban J connectivity index is 2.29. The third-order valence-corrected chi connectivity index (χ3v) is 3.77. The molecule has 0 saturated carbocycles. The number of nitriles is 1. The zero-order valence-corrected chi connectivity index (χ0v) is 11.8. The van der Waals surface area contributed by atoms with E-state index >= 15 is 0 Å². The second-order valence-electron chi connectivity index (χ2n) is 5.58. The molecule has 2 aromatic carbocycles. The fourth-order valence-corrected chi connectivity index (χ4v) is 2.69. The largest absolute Gasteiger partial charge is 0.482 e. The Morgan fingerprint density at radius 1 is 1.24 bits per heavy atom. The summed E-state index contributed by atoms with van der Waals surface area (Å²) in [6.45, 7) is 3.43. The van der Waals surface area contributed by atoms with Crippen molar-refractivity contribution in [2.24, 2.45) is 0 Å². The highest BCUT2D eigenvalue weighted by Gasteiger charge is 2.33. The first kappa shape index (κ1) is 13.6. The maximum Gasteiger partial charge on any atom is 0.129 e. The van der Waals surface area contributed by atoms with E-state index in [0.29, 0.717) is 16.9 Å². The van der Waals surface area contributed by atoms with Crippen LogP contribution in [0, 0.1) is 17.1 Å². The van der Waals surface area contributed by atoms with Crippen LogP contribution in [0.5, 0.6) is 5.75 Å². The Labute approximate surface area is 122 Å². The Kier molecular flexibility index (Phi) is 2.96. The molecule has 0 unspecified atom stereocenters. The smallest absolute Gasteiger partial charge is 0.129 e. The average molecular weight is 283 g/mol. The van der Waals surface area contributed by atoms with Gasteiger partial charge in [0.1, 0.15) is 17.2 Å². The first-order chi connectivity index (χ1) is 9.96. The molecule has 1 aliphatic heterocycles. The van der Waals surface area contributed by atoms with Crippen molar-refractivity contribution in [3.05, 3.63) is 52.8 Å². The standard InChI is InChI=1S/C17H14FNO2/c1-17(2)14-5-10(8-19)3-4-12(14)13-7-15(18)11(9-20)6-16(13)21-17/h3-7,20H,9H2,1-2H3. The lowest BCUT2D eigenvalue weighted by molar-refractivity contribution is 0.105. The molecule has 0 atom stereocenters. The zero-order chi connectivity index (χ0) is 15.2. The number of nitrogens with zero attached hydrogens (tertiary/aromatic N) is 1. The highest BCUT2D eigenvalue weighted by Crippen LogP contribution is 2.46. The van der Waals surface area contributed by atoms with Gasteiger partial charge in [0.25, 0.3) is 0 Å². The quantitative estimate of drug-likeness (QED) is 0.871. The van der Waals surface area contributed by atoms with E-state index in [2.05, 4.69) is 6.07 Å². The van der Waals surface area contributed by atoms with Gasteiger partial charge in [0.2, 0.25) is 0 Å². The molecular weight excluding hydrogens is 269 g/mol. The number of hydrogen-bond donors (Lipinski definition) is 1. The van der Waals surface area contributed by atoms with Crippen molar-refractivity contribution in [2.45, 2.75) is 26.1 Å². The van der Waals surface area contributed by atoms with Crippen molar-refractivity contribution >= 4 is 0 Å². The lowest BCUT2D eigenvalue weighted by atomic mass is 9.85. The van der Waals surface area contributed by atoms with Crippen LogP contribution in [0.2, 0.25) is 0 Å². The molecule has 0 radical (unpaired) electrons. The summed E-state index contributed by atoms with van der Waals surface area (Å²) < 4.78 is 19.9. The van der Waals surface area contributed by atoms with Crippen LogP contribution in [0.1, 0.15) is 30.5 Å². The first-order valence-electron chi connectivity index (χ1n) is 6.63. The van der Waals surface area contributed by atoms with Gasteiger partial charge in [-0.15, -0.1) is 0 Å². The molecule has 0 bridgehead atoms. The minimum Gasteiger partial charge on any atom is -0.482 e. The summed E-state index contributed by atoms with van der Waals surface area (Å²) in [5.74, 6) is 0.0810. The van der Waals surface area contributed by atoms with E-state index in [9.17, 15) is 9.50 Å². The molecule has 3 rings (SSSR count). The SMILES string of the molecule is CC1(C)Oc2cc(CO)c(F)cc2-c2ccc(C#N)cc21. The lowest BCUT2D eigenvalue weighted by Gasteiger charge is -2.35. The predicted molar refractivity (Wildman–Crippen MR) is 76.1 cm³/mol. The first-order valence-corrected chi connectivity index (χ1v) is 6.63. The van der Waals surface area contributed by atoms with E-state index in [1.807, 2.05) is 19.9 Å². The molecule has 3 nitrogen and oxygen atoms in total. The lowest BCUT2D eigenvalue weighted by Crippen LogP contribution is -2.29. The summed E-state index contributed by atoms with van der Waals surface area (Å²) in [4.78, 5) is 0. The number of rotatable bonds is 1. The third-order valence-electron chi connectivity index (χ3n) is 3.77. The summed E-state index contributed by atoms with van der Waals surface area (Å²) in [7, 11) is 0. The molecule has 106 valence electrons. The normalized spacial score (nSPS) is 14.6. The van der Waals surface area contributed by atoms with Crippen LogP contribution in [0.3, 0.4) is 0 Å². The van der Waals surface area contributed by atoms with Gasteiger partial charge in [-0.3, -0.25) is 0 Å². The van der Waals surface area contributed by atoms with Gasteiger partial charge in [-0.1, -0.05) is 6.07 Å². The molecule has 2 aromatic rings. The number of halogens is 1. The Morgan fingerprint density at radius 3 is 2.67 bits per heavy atom. The highest BCUT2D eigenvalue weighted by atomic mass is 19.1. The predicted octanol–water partition coefficient (Wildman–Crippen LogP) is 3.48. The van der Waals surface area contributed by atoms with Crippen molar-refractivity contribution in [1.29, 1.82) is 5.26 Å². The average Bonchev–Trinajstić information content (AvgIpc) is 2.47. The van der Waals surface area contributed by atoms with Crippen molar-refractivity contribution in [2.75, 3.05) is 0 Å². The summed E-state index contributed by atoms with van der Waals surface area (Å²) >= 11 is 0. The number of benzene rings is 2. The molecule has 0 aromatic heterocycles. The molecule has 0 spiro atoms. The van der Waals surface area contributed by atoms with E-state index in [1.165, 1.54) is 12.1 Å². The Morgan fingerprint density at radius 2 is 2.00 bits per heavy atom. The van der Waals surface area contributed by atoms with Crippen molar-refractivity contribution in [1.82, 2.24) is 0 Å². The fraction of sp³-hybridized carbons (Fsp3) is 0.235. The van der Waals surface area contributed by atoms with Crippen LogP contribution < -0.4 is 4.74 Å². The number of aliphatic hydroxyl groups is 1. The van der Waals surface area contributed by atoms with E-state index < -0.39 is 11.4 Å². The fourth-order valence-electron chi connectivity index (χ4n) is 2.69. The molecule has 1 aliphatic rings. The van der Waals surface area contributed by atoms with Crippen LogP contribution in [-0.4, -0.2) is 5.11 Å². The molecule has 4 heteroatoms. The second-order valence-corrected chi connectivity index (χ2v) is 5.58. The molecule has 1 heterocycles. The number of aliphatic hydroxyl groups excluding tert-OH is 1. The van der Waals surface area contributed by atoms with Gasteiger partial charge >= 0.3 is 0 Å². The van der Waals surface area contributed by atoms with E-state index in [0.717, 1.165) is 11.1 Å². The summed E-state index contributed by atoms with van der Waals surface area (Å²) in [6.07, 6.45) is 0. The minimum atomic E-state index is -0.625. The molecular formula is C17H14FNO2. The van der Waals surface area contributed by atoms with Crippen molar-refractivity contribution < 1.29 is 14.2 Å². The maximum absolute atomic E-state index is 13.9. The molecule has 21 heavy (non-hydrogen) atoms. The van der Waals surface area contributed by atoms with Gasteiger partial charge in [0, 0.05) is 16.7 Å². The molecule has 0 fully saturated rings. The topological polar surface area (TPSA) is 53.2 Å². The molecule has 0 aliphatic carbocycles. The summed E-state index contributed by atoms with van der Waals surface area (Å²) in [6, 6.07) is 10.3. The van der Waals surface area contributed by atoms with E-state index in [-0.39, 0.29) is 12.2 Å². The highest BCUT2D eigenvalue weighted by molar-refractivity contribution is 5.77. The van der Waals surface area contributed by atoms with Gasteiger partial charge in [-0.05, 0) is 43.7 Å². The van der Waals surface area contributed by atoms with E-state index in [1.54, 1.807) is 12.1 Å². The Hall–Kier alpha value is -2.38. The third kappa shape index (κ3) is 2.07. The van der Waals surface area contributed by atoms with Gasteiger partial charge in [0.15, 0.2) is 0 Å². The monoisotopic (exact) mass is 283 g/mol. The van der Waals surface area contributed by atoms with Gasteiger partial charge in [-0.2, -0.15) is 5.26 Å². The molecule has 0 amide bonds. The van der Waals surface area contributed by atoms with E-state index in [4.69, 9.17) is 10.00 Å². The van der Waals surface area contributed by atoms with Crippen LogP contribution in [0.15, 0.2) is 30.3 Å². The van der Waals surface area contributed by atoms with Crippen LogP contribution in [0.25, 0.3) is 11.1 Å². The van der Waals surface area contributed by atoms with Gasteiger partial charge in [0.05, 0.1) is 18.2 Å². The maximum atomic E-state index is 13.9. The van der Waals surface area contributed by atoms with Gasteiger partial charge < -0.3 is 9.84 Å². The zero-order valence-electron chi connectivity index (χ0n) is 11.8. The summed E-state index contributed by atoms with van der Waals surface area (Å²) in [5.41, 5.74) is 2.47. The van der Waals surface area contributed by atoms with Crippen LogP contribution in [-0.2, 0) is 12.2 Å². The number of ether oxygens (including phenoxy) is 1. The minimum absolute atomic E-state index is 0.210. The number of fused-ring (bicyclic) bond motifs is 3. The molecule has 1 N–H and O–H groups in total.